The molecule has 4 rings (SSSR count). The van der Waals surface area contributed by atoms with Gasteiger partial charge in [0.15, 0.2) is 0 Å². The predicted molar refractivity (Wildman–Crippen MR) is 112 cm³/mol. The van der Waals surface area contributed by atoms with E-state index < -0.39 is 0 Å². The minimum absolute atomic E-state index is 0.177. The predicted octanol–water partition coefficient (Wildman–Crippen LogP) is 4.55. The van der Waals surface area contributed by atoms with Gasteiger partial charge in [0.1, 0.15) is 36.1 Å². The van der Waals surface area contributed by atoms with E-state index >= 15 is 0 Å². The Morgan fingerprint density at radius 2 is 1.79 bits per heavy atom. The highest BCUT2D eigenvalue weighted by Crippen LogP contribution is 2.26. The molecule has 0 radical (unpaired) electrons. The quantitative estimate of drug-likeness (QED) is 0.522. The molecule has 7 heteroatoms. The molecule has 0 saturated heterocycles. The summed E-state index contributed by atoms with van der Waals surface area (Å²) in [7, 11) is 3.87. The second kappa shape index (κ2) is 8.10. The Morgan fingerprint density at radius 3 is 2.55 bits per heavy atom. The zero-order valence-electron chi connectivity index (χ0n) is 16.1. The van der Waals surface area contributed by atoms with Gasteiger partial charge in [0.05, 0.1) is 11.7 Å². The molecule has 146 valence electrons. The van der Waals surface area contributed by atoms with Crippen molar-refractivity contribution in [3.05, 3.63) is 78.5 Å². The molecule has 0 saturated carbocycles. The molecule has 0 fully saturated rings. The van der Waals surface area contributed by atoms with Gasteiger partial charge in [-0.25, -0.2) is 19.3 Å². The Hall–Kier alpha value is -3.74. The van der Waals surface area contributed by atoms with Crippen LogP contribution >= 0.6 is 0 Å². The van der Waals surface area contributed by atoms with Gasteiger partial charge in [-0.2, -0.15) is 0 Å². The first kappa shape index (κ1) is 18.6. The van der Waals surface area contributed by atoms with Gasteiger partial charge in [0.2, 0.25) is 0 Å². The maximum Gasteiger partial charge on any atom is 0.141 e. The van der Waals surface area contributed by atoms with Crippen LogP contribution in [0.5, 0.6) is 5.75 Å². The minimum Gasteiger partial charge on any atom is -0.489 e. The summed E-state index contributed by atoms with van der Waals surface area (Å²) in [6, 6.07) is 16.0. The molecule has 4 aromatic rings. The Morgan fingerprint density at radius 1 is 1.00 bits per heavy atom. The lowest BCUT2D eigenvalue weighted by Gasteiger charge is -2.13. The highest BCUT2D eigenvalue weighted by Gasteiger charge is 2.08. The van der Waals surface area contributed by atoms with Crippen LogP contribution in [0.25, 0.3) is 10.9 Å². The van der Waals surface area contributed by atoms with E-state index in [1.54, 1.807) is 24.4 Å². The summed E-state index contributed by atoms with van der Waals surface area (Å²) in [4.78, 5) is 15.0. The van der Waals surface area contributed by atoms with Crippen molar-refractivity contribution in [2.24, 2.45) is 0 Å². The molecule has 0 atom stereocenters. The smallest absolute Gasteiger partial charge is 0.141 e. The number of halogens is 1. The van der Waals surface area contributed by atoms with Crippen molar-refractivity contribution < 1.29 is 9.13 Å². The molecular formula is C22H20FN5O. The normalized spacial score (nSPS) is 10.7. The fourth-order valence-electron chi connectivity index (χ4n) is 2.84. The van der Waals surface area contributed by atoms with Crippen LogP contribution in [0.1, 0.15) is 5.56 Å². The summed E-state index contributed by atoms with van der Waals surface area (Å²) in [6.07, 6.45) is 3.24. The van der Waals surface area contributed by atoms with Gasteiger partial charge in [0.25, 0.3) is 0 Å². The lowest BCUT2D eigenvalue weighted by atomic mass is 10.2. The third-order valence-electron chi connectivity index (χ3n) is 4.43. The molecule has 0 bridgehead atoms. The molecule has 0 spiro atoms. The van der Waals surface area contributed by atoms with Crippen LogP contribution in [0.2, 0.25) is 0 Å². The molecule has 0 aliphatic rings. The van der Waals surface area contributed by atoms with Crippen molar-refractivity contribution in [3.8, 4) is 5.75 Å². The molecule has 0 aliphatic carbocycles. The first-order valence-corrected chi connectivity index (χ1v) is 9.11. The first-order valence-electron chi connectivity index (χ1n) is 9.11. The summed E-state index contributed by atoms with van der Waals surface area (Å²) in [6.45, 7) is 0.177. The van der Waals surface area contributed by atoms with Gasteiger partial charge in [-0.1, -0.05) is 18.2 Å². The van der Waals surface area contributed by atoms with Crippen LogP contribution in [-0.2, 0) is 6.61 Å². The Labute approximate surface area is 168 Å². The molecule has 1 N–H and O–H groups in total. The third-order valence-corrected chi connectivity index (χ3v) is 4.43. The van der Waals surface area contributed by atoms with Crippen LogP contribution in [0.4, 0.5) is 21.7 Å². The first-order chi connectivity index (χ1) is 14.1. The number of nitrogens with zero attached hydrogens (tertiary/aromatic N) is 4. The average molecular weight is 389 g/mol. The number of hydrogen-bond donors (Lipinski definition) is 1. The number of hydrogen-bond acceptors (Lipinski definition) is 6. The van der Waals surface area contributed by atoms with Crippen molar-refractivity contribution in [1.29, 1.82) is 0 Å². The zero-order chi connectivity index (χ0) is 20.2. The number of pyridine rings is 1. The topological polar surface area (TPSA) is 63.2 Å². The van der Waals surface area contributed by atoms with Crippen LogP contribution in [0.15, 0.2) is 67.1 Å². The van der Waals surface area contributed by atoms with E-state index in [0.29, 0.717) is 17.1 Å². The van der Waals surface area contributed by atoms with Crippen LogP contribution in [0.3, 0.4) is 0 Å². The van der Waals surface area contributed by atoms with Gasteiger partial charge in [-0.15, -0.1) is 0 Å². The van der Waals surface area contributed by atoms with Crippen LogP contribution in [0, 0.1) is 5.82 Å². The monoisotopic (exact) mass is 389 g/mol. The van der Waals surface area contributed by atoms with Gasteiger partial charge in [0, 0.05) is 30.7 Å². The Balaban J connectivity index is 1.50. The van der Waals surface area contributed by atoms with E-state index in [1.807, 2.05) is 49.3 Å². The summed E-state index contributed by atoms with van der Waals surface area (Å²) in [5.74, 6) is 1.91. The molecule has 0 unspecified atom stereocenters. The lowest BCUT2D eigenvalue weighted by Crippen LogP contribution is -2.10. The lowest BCUT2D eigenvalue weighted by molar-refractivity contribution is 0.300. The molecular weight excluding hydrogens is 369 g/mol. The summed E-state index contributed by atoms with van der Waals surface area (Å²) >= 11 is 0. The minimum atomic E-state index is -0.270. The second-order valence-electron chi connectivity index (χ2n) is 6.71. The van der Waals surface area contributed by atoms with E-state index in [0.717, 1.165) is 22.4 Å². The maximum absolute atomic E-state index is 13.7. The van der Waals surface area contributed by atoms with Crippen LogP contribution < -0.4 is 15.0 Å². The maximum atomic E-state index is 13.7. The van der Waals surface area contributed by atoms with E-state index in [1.165, 1.54) is 12.4 Å². The standard InChI is InChI=1S/C22H20FN5O/c1-28(2)21-11-18-20(12-24-21)25-14-26-22(18)27-16-7-9-17(10-8-16)29-13-15-5-3-4-6-19(15)23/h3-12,14H,13H2,1-2H3,(H,25,26,27). The van der Waals surface area contributed by atoms with Crippen molar-refractivity contribution in [1.82, 2.24) is 15.0 Å². The van der Waals surface area contributed by atoms with E-state index in [-0.39, 0.29) is 12.4 Å². The Bertz CT molecular complexity index is 1130. The van der Waals surface area contributed by atoms with E-state index in [9.17, 15) is 4.39 Å². The van der Waals surface area contributed by atoms with Crippen molar-refractivity contribution >= 4 is 28.2 Å². The van der Waals surface area contributed by atoms with Crippen molar-refractivity contribution in [3.63, 3.8) is 0 Å². The van der Waals surface area contributed by atoms with Gasteiger partial charge in [-0.3, -0.25) is 0 Å². The fraction of sp³-hybridized carbons (Fsp3) is 0.136. The molecule has 29 heavy (non-hydrogen) atoms. The van der Waals surface area contributed by atoms with Crippen LogP contribution in [-0.4, -0.2) is 29.0 Å². The second-order valence-corrected chi connectivity index (χ2v) is 6.71. The molecule has 6 nitrogen and oxygen atoms in total. The highest BCUT2D eigenvalue weighted by atomic mass is 19.1. The average Bonchev–Trinajstić information content (AvgIpc) is 2.74. The van der Waals surface area contributed by atoms with E-state index in [4.69, 9.17) is 4.74 Å². The largest absolute Gasteiger partial charge is 0.489 e. The number of anilines is 3. The summed E-state index contributed by atoms with van der Waals surface area (Å²) in [5, 5.41) is 4.19. The number of fused-ring (bicyclic) bond motifs is 1. The summed E-state index contributed by atoms with van der Waals surface area (Å²) < 4.78 is 19.4. The molecule has 2 aromatic heterocycles. The third kappa shape index (κ3) is 4.24. The van der Waals surface area contributed by atoms with Crippen molar-refractivity contribution in [2.45, 2.75) is 6.61 Å². The van der Waals surface area contributed by atoms with Crippen molar-refractivity contribution in [2.75, 3.05) is 24.3 Å². The number of ether oxygens (including phenoxy) is 1. The fourth-order valence-corrected chi connectivity index (χ4v) is 2.84. The van der Waals surface area contributed by atoms with Gasteiger partial charge < -0.3 is 15.0 Å². The van der Waals surface area contributed by atoms with E-state index in [2.05, 4.69) is 20.3 Å². The number of nitrogens with one attached hydrogen (secondary N) is 1. The highest BCUT2D eigenvalue weighted by molar-refractivity contribution is 5.91. The summed E-state index contributed by atoms with van der Waals surface area (Å²) in [5.41, 5.74) is 2.14. The molecule has 0 aliphatic heterocycles. The molecule has 2 aromatic carbocycles. The Kier molecular flexibility index (Phi) is 5.20. The number of aromatic nitrogens is 3. The van der Waals surface area contributed by atoms with Gasteiger partial charge >= 0.3 is 0 Å². The number of rotatable bonds is 6. The van der Waals surface area contributed by atoms with Gasteiger partial charge in [-0.05, 0) is 36.4 Å². The molecule has 2 heterocycles. The molecule has 0 amide bonds. The zero-order valence-corrected chi connectivity index (χ0v) is 16.1. The number of benzene rings is 2. The SMILES string of the molecule is CN(C)c1cc2c(Nc3ccc(OCc4ccccc4F)cc3)ncnc2cn1.